The van der Waals surface area contributed by atoms with E-state index in [-0.39, 0.29) is 11.1 Å². The van der Waals surface area contributed by atoms with Crippen LogP contribution < -0.4 is 5.06 Å². The maximum atomic E-state index is 12.0. The lowest BCUT2D eigenvalue weighted by atomic mass is 10.2. The Hall–Kier alpha value is -0.880. The summed E-state index contributed by atoms with van der Waals surface area (Å²) in [5.74, 6) is 0. The highest BCUT2D eigenvalue weighted by Gasteiger charge is 2.36. The number of fused-ring (bicyclic) bond motifs is 1. The predicted octanol–water partition coefficient (Wildman–Crippen LogP) is 2.44. The SMILES string of the molecule is CC1C=C2SSC(OCc3ccccc3)=C2[NH+]1[O-]. The lowest BCUT2D eigenvalue weighted by Gasteiger charge is -2.22. The van der Waals surface area contributed by atoms with Crippen molar-refractivity contribution in [2.75, 3.05) is 0 Å². The van der Waals surface area contributed by atoms with Gasteiger partial charge >= 0.3 is 0 Å². The Morgan fingerprint density at radius 3 is 2.83 bits per heavy atom. The van der Waals surface area contributed by atoms with E-state index in [9.17, 15) is 5.21 Å². The van der Waals surface area contributed by atoms with E-state index in [1.165, 1.54) is 0 Å². The number of hydrogen-bond donors (Lipinski definition) is 1. The summed E-state index contributed by atoms with van der Waals surface area (Å²) >= 11 is 0. The fourth-order valence-electron chi connectivity index (χ4n) is 1.95. The minimum Gasteiger partial charge on any atom is -0.628 e. The first-order valence-electron chi connectivity index (χ1n) is 5.77. The van der Waals surface area contributed by atoms with Crippen LogP contribution in [0.3, 0.4) is 0 Å². The van der Waals surface area contributed by atoms with Gasteiger partial charge in [-0.3, -0.25) is 0 Å². The Labute approximate surface area is 114 Å². The van der Waals surface area contributed by atoms with E-state index in [2.05, 4.69) is 0 Å². The highest BCUT2D eigenvalue weighted by atomic mass is 33.1. The largest absolute Gasteiger partial charge is 0.628 e. The first-order chi connectivity index (χ1) is 8.75. The number of hydroxylamine groups is 2. The molecule has 5 heteroatoms. The molecule has 94 valence electrons. The summed E-state index contributed by atoms with van der Waals surface area (Å²) in [4.78, 5) is 1.07. The van der Waals surface area contributed by atoms with Gasteiger partial charge in [-0.05, 0) is 40.2 Å². The van der Waals surface area contributed by atoms with E-state index in [4.69, 9.17) is 4.74 Å². The molecule has 0 fully saturated rings. The monoisotopic (exact) mass is 279 g/mol. The van der Waals surface area contributed by atoms with Crippen molar-refractivity contribution in [2.24, 2.45) is 0 Å². The van der Waals surface area contributed by atoms with Crippen LogP contribution in [0.15, 0.2) is 52.1 Å². The van der Waals surface area contributed by atoms with E-state index < -0.39 is 0 Å². The molecular weight excluding hydrogens is 266 g/mol. The summed E-state index contributed by atoms with van der Waals surface area (Å²) in [6.45, 7) is 2.45. The first-order valence-corrected chi connectivity index (χ1v) is 7.92. The van der Waals surface area contributed by atoms with Gasteiger partial charge in [0, 0.05) is 0 Å². The molecule has 1 aromatic carbocycles. The van der Waals surface area contributed by atoms with Crippen LogP contribution in [0, 0.1) is 5.21 Å². The second-order valence-electron chi connectivity index (χ2n) is 4.29. The number of rotatable bonds is 3. The quantitative estimate of drug-likeness (QED) is 0.681. The van der Waals surface area contributed by atoms with Crippen LogP contribution in [0.25, 0.3) is 0 Å². The average Bonchev–Trinajstić information content (AvgIpc) is 2.90. The van der Waals surface area contributed by atoms with Gasteiger partial charge in [0.25, 0.3) is 0 Å². The summed E-state index contributed by atoms with van der Waals surface area (Å²) in [6.07, 6.45) is 2.02. The van der Waals surface area contributed by atoms with Gasteiger partial charge in [-0.25, -0.2) is 0 Å². The van der Waals surface area contributed by atoms with E-state index in [1.54, 1.807) is 21.6 Å². The Balaban J connectivity index is 1.74. The van der Waals surface area contributed by atoms with Crippen LogP contribution in [-0.4, -0.2) is 6.04 Å². The molecule has 2 unspecified atom stereocenters. The molecule has 2 aliphatic heterocycles. The molecule has 0 saturated heterocycles. The molecule has 18 heavy (non-hydrogen) atoms. The number of nitrogens with one attached hydrogen (secondary N) is 1. The molecular formula is C13H13NO2S2. The zero-order chi connectivity index (χ0) is 12.5. The minimum absolute atomic E-state index is 0.00118. The minimum atomic E-state index is -0.00118. The van der Waals surface area contributed by atoms with Gasteiger partial charge in [0.2, 0.25) is 5.09 Å². The van der Waals surface area contributed by atoms with Gasteiger partial charge in [0.15, 0.2) is 5.70 Å². The maximum absolute atomic E-state index is 12.0. The lowest BCUT2D eigenvalue weighted by molar-refractivity contribution is -0.817. The standard InChI is InChI=1S/C13H13NO2S2/c1-9-7-11-12(14(9)15)13(18-17-11)16-8-10-5-3-2-4-6-10/h2-7,9,14H,8H2,1H3. The molecule has 0 bridgehead atoms. The van der Waals surface area contributed by atoms with E-state index >= 15 is 0 Å². The molecule has 2 heterocycles. The van der Waals surface area contributed by atoms with Gasteiger partial charge in [0.1, 0.15) is 12.6 Å². The van der Waals surface area contributed by atoms with E-state index in [0.29, 0.717) is 6.61 Å². The van der Waals surface area contributed by atoms with Crippen molar-refractivity contribution in [3.05, 3.63) is 62.9 Å². The summed E-state index contributed by atoms with van der Waals surface area (Å²) in [5.41, 5.74) is 1.90. The van der Waals surface area contributed by atoms with E-state index in [0.717, 1.165) is 21.3 Å². The van der Waals surface area contributed by atoms with Crippen molar-refractivity contribution in [3.63, 3.8) is 0 Å². The molecule has 2 atom stereocenters. The van der Waals surface area contributed by atoms with Crippen LogP contribution in [0.2, 0.25) is 0 Å². The van der Waals surface area contributed by atoms with Crippen LogP contribution in [0.4, 0.5) is 0 Å². The molecule has 3 nitrogen and oxygen atoms in total. The van der Waals surface area contributed by atoms with Crippen LogP contribution in [0.1, 0.15) is 12.5 Å². The number of ether oxygens (including phenoxy) is 1. The molecule has 0 spiro atoms. The van der Waals surface area contributed by atoms with Crippen molar-refractivity contribution in [2.45, 2.75) is 19.6 Å². The number of benzene rings is 1. The van der Waals surface area contributed by atoms with E-state index in [1.807, 2.05) is 43.3 Å². The summed E-state index contributed by atoms with van der Waals surface area (Å²) < 4.78 is 5.78. The second kappa shape index (κ2) is 5.01. The molecule has 0 aromatic heterocycles. The van der Waals surface area contributed by atoms with Gasteiger partial charge < -0.3 is 15.0 Å². The summed E-state index contributed by atoms with van der Waals surface area (Å²) in [7, 11) is 3.17. The Kier molecular flexibility index (Phi) is 3.39. The highest BCUT2D eigenvalue weighted by Crippen LogP contribution is 2.49. The van der Waals surface area contributed by atoms with Crippen LogP contribution in [0.5, 0.6) is 0 Å². The molecule has 0 radical (unpaired) electrons. The highest BCUT2D eigenvalue weighted by molar-refractivity contribution is 8.80. The lowest BCUT2D eigenvalue weighted by Crippen LogP contribution is -3.07. The summed E-state index contributed by atoms with van der Waals surface area (Å²) in [5, 5.41) is 12.9. The van der Waals surface area contributed by atoms with Crippen molar-refractivity contribution >= 4 is 21.6 Å². The normalized spacial score (nSPS) is 26.2. The zero-order valence-corrected chi connectivity index (χ0v) is 11.5. The Bertz CT molecular complexity index is 513. The third-order valence-corrected chi connectivity index (χ3v) is 5.25. The Morgan fingerprint density at radius 2 is 2.06 bits per heavy atom. The van der Waals surface area contributed by atoms with Crippen LogP contribution in [-0.2, 0) is 11.3 Å². The zero-order valence-electron chi connectivity index (χ0n) is 9.88. The molecule has 1 aromatic rings. The third-order valence-electron chi connectivity index (χ3n) is 2.93. The first kappa shape index (κ1) is 12.2. The van der Waals surface area contributed by atoms with Crippen LogP contribution >= 0.6 is 21.6 Å². The summed E-state index contributed by atoms with van der Waals surface area (Å²) in [6, 6.07) is 10.00. The average molecular weight is 279 g/mol. The number of hydrogen-bond acceptors (Lipinski definition) is 4. The van der Waals surface area contributed by atoms with Crippen molar-refractivity contribution in [3.8, 4) is 0 Å². The van der Waals surface area contributed by atoms with Crippen molar-refractivity contribution < 1.29 is 9.80 Å². The van der Waals surface area contributed by atoms with Gasteiger partial charge in [0.05, 0.1) is 4.91 Å². The second-order valence-corrected chi connectivity index (χ2v) is 6.43. The molecule has 1 N–H and O–H groups in total. The van der Waals surface area contributed by atoms with Gasteiger partial charge in [-0.15, -0.1) is 0 Å². The van der Waals surface area contributed by atoms with Crippen molar-refractivity contribution in [1.29, 1.82) is 0 Å². The maximum Gasteiger partial charge on any atom is 0.228 e. The molecule has 0 amide bonds. The smallest absolute Gasteiger partial charge is 0.228 e. The fourth-order valence-corrected chi connectivity index (χ4v) is 4.42. The van der Waals surface area contributed by atoms with Gasteiger partial charge in [-0.2, -0.15) is 0 Å². The Morgan fingerprint density at radius 1 is 1.28 bits per heavy atom. The molecule has 2 aliphatic rings. The fraction of sp³-hybridized carbons (Fsp3) is 0.231. The predicted molar refractivity (Wildman–Crippen MR) is 75.3 cm³/mol. The van der Waals surface area contributed by atoms with Gasteiger partial charge in [-0.1, -0.05) is 30.3 Å². The third kappa shape index (κ3) is 2.19. The molecule has 0 saturated carbocycles. The topological polar surface area (TPSA) is 36.7 Å². The number of quaternary nitrogens is 1. The molecule has 3 rings (SSSR count). The molecule has 0 aliphatic carbocycles. The van der Waals surface area contributed by atoms with Crippen molar-refractivity contribution in [1.82, 2.24) is 0 Å².